The summed E-state index contributed by atoms with van der Waals surface area (Å²) in [5.74, 6) is 1.10. The highest BCUT2D eigenvalue weighted by atomic mass is 16.5. The summed E-state index contributed by atoms with van der Waals surface area (Å²) < 4.78 is 12.1. The standard InChI is InChI=1S/C19H28N2O2/c1-20(2)16-7-9-19(10-8-16)14-21(17-12-22-13-17)11-15-5-3-4-6-18(15)23-19/h3-6,16-17H,7-14H2,1-2H3. The zero-order chi connectivity index (χ0) is 15.9. The lowest BCUT2D eigenvalue weighted by molar-refractivity contribution is -0.0938. The van der Waals surface area contributed by atoms with Crippen LogP contribution in [0.2, 0.25) is 0 Å². The molecule has 126 valence electrons. The van der Waals surface area contributed by atoms with Gasteiger partial charge in [0.2, 0.25) is 0 Å². The molecular weight excluding hydrogens is 288 g/mol. The second-order valence-corrected chi connectivity index (χ2v) is 7.68. The van der Waals surface area contributed by atoms with E-state index in [4.69, 9.17) is 9.47 Å². The molecule has 0 radical (unpaired) electrons. The highest BCUT2D eigenvalue weighted by molar-refractivity contribution is 5.35. The van der Waals surface area contributed by atoms with Crippen molar-refractivity contribution >= 4 is 0 Å². The fourth-order valence-corrected chi connectivity index (χ4v) is 4.24. The number of hydrogen-bond acceptors (Lipinski definition) is 4. The molecule has 0 N–H and O–H groups in total. The number of nitrogens with zero attached hydrogens (tertiary/aromatic N) is 2. The quantitative estimate of drug-likeness (QED) is 0.837. The minimum absolute atomic E-state index is 0.0191. The summed E-state index contributed by atoms with van der Waals surface area (Å²) in [4.78, 5) is 4.97. The van der Waals surface area contributed by atoms with Crippen molar-refractivity contribution in [1.29, 1.82) is 0 Å². The van der Waals surface area contributed by atoms with Crippen molar-refractivity contribution in [2.24, 2.45) is 0 Å². The Labute approximate surface area is 139 Å². The van der Waals surface area contributed by atoms with E-state index in [2.05, 4.69) is 48.2 Å². The van der Waals surface area contributed by atoms with Gasteiger partial charge in [-0.25, -0.2) is 0 Å². The monoisotopic (exact) mass is 316 g/mol. The summed E-state index contributed by atoms with van der Waals surface area (Å²) in [6, 6.07) is 9.84. The zero-order valence-electron chi connectivity index (χ0n) is 14.3. The summed E-state index contributed by atoms with van der Waals surface area (Å²) in [7, 11) is 4.40. The summed E-state index contributed by atoms with van der Waals surface area (Å²) in [5, 5.41) is 0. The lowest BCUT2D eigenvalue weighted by atomic mass is 9.81. The highest BCUT2D eigenvalue weighted by Gasteiger charge is 2.43. The highest BCUT2D eigenvalue weighted by Crippen LogP contribution is 2.40. The van der Waals surface area contributed by atoms with Gasteiger partial charge in [0, 0.05) is 24.7 Å². The van der Waals surface area contributed by atoms with Gasteiger partial charge in [-0.2, -0.15) is 0 Å². The van der Waals surface area contributed by atoms with E-state index in [1.165, 1.54) is 18.4 Å². The third-order valence-corrected chi connectivity index (χ3v) is 5.90. The van der Waals surface area contributed by atoms with Gasteiger partial charge >= 0.3 is 0 Å². The Morgan fingerprint density at radius 1 is 1.13 bits per heavy atom. The van der Waals surface area contributed by atoms with Crippen LogP contribution in [0.4, 0.5) is 0 Å². The molecule has 4 heteroatoms. The molecule has 1 aromatic rings. The molecule has 0 bridgehead atoms. The van der Waals surface area contributed by atoms with Crippen molar-refractivity contribution in [3.63, 3.8) is 0 Å². The molecule has 1 spiro atoms. The number of rotatable bonds is 2. The van der Waals surface area contributed by atoms with Crippen molar-refractivity contribution in [3.05, 3.63) is 29.8 Å². The first-order chi connectivity index (χ1) is 11.2. The summed E-state index contributed by atoms with van der Waals surface area (Å²) in [5.41, 5.74) is 1.31. The lowest BCUT2D eigenvalue weighted by Gasteiger charge is -2.45. The smallest absolute Gasteiger partial charge is 0.124 e. The maximum absolute atomic E-state index is 6.66. The van der Waals surface area contributed by atoms with Gasteiger partial charge in [-0.1, -0.05) is 18.2 Å². The van der Waals surface area contributed by atoms with E-state index in [0.29, 0.717) is 12.1 Å². The fraction of sp³-hybridized carbons (Fsp3) is 0.684. The van der Waals surface area contributed by atoms with Crippen LogP contribution in [0.3, 0.4) is 0 Å². The van der Waals surface area contributed by atoms with Gasteiger partial charge in [0.1, 0.15) is 11.4 Å². The normalized spacial score (nSPS) is 32.2. The van der Waals surface area contributed by atoms with E-state index in [0.717, 1.165) is 44.9 Å². The number of benzene rings is 1. The molecule has 4 rings (SSSR count). The lowest BCUT2D eigenvalue weighted by Crippen LogP contribution is -2.56. The van der Waals surface area contributed by atoms with Gasteiger partial charge in [-0.3, -0.25) is 4.90 Å². The van der Waals surface area contributed by atoms with Gasteiger partial charge in [0.05, 0.1) is 19.3 Å². The van der Waals surface area contributed by atoms with Crippen LogP contribution in [0.1, 0.15) is 31.2 Å². The van der Waals surface area contributed by atoms with Crippen molar-refractivity contribution in [1.82, 2.24) is 9.80 Å². The molecule has 2 fully saturated rings. The molecule has 1 aliphatic carbocycles. The average Bonchev–Trinajstić information content (AvgIpc) is 2.62. The fourth-order valence-electron chi connectivity index (χ4n) is 4.24. The van der Waals surface area contributed by atoms with Crippen molar-refractivity contribution in [2.75, 3.05) is 33.9 Å². The molecule has 1 saturated heterocycles. The zero-order valence-corrected chi connectivity index (χ0v) is 14.3. The molecule has 2 aliphatic heterocycles. The molecule has 3 aliphatic rings. The molecule has 2 heterocycles. The molecule has 1 saturated carbocycles. The Bertz CT molecular complexity index is 548. The van der Waals surface area contributed by atoms with Crippen molar-refractivity contribution in [3.8, 4) is 5.75 Å². The van der Waals surface area contributed by atoms with E-state index in [9.17, 15) is 0 Å². The molecule has 23 heavy (non-hydrogen) atoms. The van der Waals surface area contributed by atoms with Gasteiger partial charge in [-0.15, -0.1) is 0 Å². The molecule has 0 amide bonds. The second-order valence-electron chi connectivity index (χ2n) is 7.68. The molecule has 1 aromatic carbocycles. The van der Waals surface area contributed by atoms with Crippen LogP contribution in [0.15, 0.2) is 24.3 Å². The predicted octanol–water partition coefficient (Wildman–Crippen LogP) is 2.52. The number of hydrogen-bond donors (Lipinski definition) is 0. The van der Waals surface area contributed by atoms with Crippen molar-refractivity contribution in [2.45, 2.75) is 49.9 Å². The molecule has 0 unspecified atom stereocenters. The number of ether oxygens (including phenoxy) is 2. The van der Waals surface area contributed by atoms with Crippen LogP contribution in [0.5, 0.6) is 5.75 Å². The van der Waals surface area contributed by atoms with Crippen LogP contribution >= 0.6 is 0 Å². The third-order valence-electron chi connectivity index (χ3n) is 5.90. The van der Waals surface area contributed by atoms with E-state index >= 15 is 0 Å². The third kappa shape index (κ3) is 3.00. The minimum Gasteiger partial charge on any atom is -0.486 e. The largest absolute Gasteiger partial charge is 0.486 e. The van der Waals surface area contributed by atoms with Crippen LogP contribution in [0, 0.1) is 0 Å². The van der Waals surface area contributed by atoms with Crippen LogP contribution in [-0.2, 0) is 11.3 Å². The first-order valence-electron chi connectivity index (χ1n) is 8.90. The topological polar surface area (TPSA) is 24.9 Å². The Morgan fingerprint density at radius 3 is 2.52 bits per heavy atom. The summed E-state index contributed by atoms with van der Waals surface area (Å²) >= 11 is 0. The maximum Gasteiger partial charge on any atom is 0.124 e. The van der Waals surface area contributed by atoms with Gasteiger partial charge < -0.3 is 14.4 Å². The minimum atomic E-state index is -0.0191. The Hall–Kier alpha value is -1.10. The van der Waals surface area contributed by atoms with Gasteiger partial charge in [0.25, 0.3) is 0 Å². The molecular formula is C19H28N2O2. The maximum atomic E-state index is 6.66. The Kier molecular flexibility index (Phi) is 4.08. The molecule has 4 nitrogen and oxygen atoms in total. The van der Waals surface area contributed by atoms with Crippen LogP contribution in [-0.4, -0.2) is 61.3 Å². The van der Waals surface area contributed by atoms with E-state index < -0.39 is 0 Å². The number of para-hydroxylation sites is 1. The number of fused-ring (bicyclic) bond motifs is 1. The van der Waals surface area contributed by atoms with Crippen LogP contribution in [0.25, 0.3) is 0 Å². The Balaban J connectivity index is 1.59. The average molecular weight is 316 g/mol. The first-order valence-corrected chi connectivity index (χ1v) is 8.90. The molecule has 0 atom stereocenters. The summed E-state index contributed by atoms with van der Waals surface area (Å²) in [6.45, 7) is 3.77. The van der Waals surface area contributed by atoms with Gasteiger partial charge in [0.15, 0.2) is 0 Å². The van der Waals surface area contributed by atoms with E-state index in [1.54, 1.807) is 0 Å². The Morgan fingerprint density at radius 2 is 1.87 bits per heavy atom. The van der Waals surface area contributed by atoms with Gasteiger partial charge in [-0.05, 0) is 45.8 Å². The van der Waals surface area contributed by atoms with E-state index in [1.807, 2.05) is 0 Å². The molecule has 0 aromatic heterocycles. The second kappa shape index (κ2) is 6.08. The SMILES string of the molecule is CN(C)C1CCC2(CC1)CN(C1COC1)Cc1ccccc1O2. The van der Waals surface area contributed by atoms with E-state index in [-0.39, 0.29) is 5.60 Å². The first kappa shape index (κ1) is 15.4. The summed E-state index contributed by atoms with van der Waals surface area (Å²) in [6.07, 6.45) is 4.75. The van der Waals surface area contributed by atoms with Crippen LogP contribution < -0.4 is 4.74 Å². The van der Waals surface area contributed by atoms with Crippen molar-refractivity contribution < 1.29 is 9.47 Å². The predicted molar refractivity (Wildman–Crippen MR) is 90.8 cm³/mol.